The molecule has 3 rings (SSSR count). The van der Waals surface area contributed by atoms with E-state index < -0.39 is 22.6 Å². The molecule has 0 spiro atoms. The number of benzene rings is 1. The monoisotopic (exact) mass is 337 g/mol. The Morgan fingerprint density at radius 2 is 2.13 bits per heavy atom. The Labute approximate surface area is 135 Å². The smallest absolute Gasteiger partial charge is 0.308 e. The van der Waals surface area contributed by atoms with Gasteiger partial charge < -0.3 is 10.6 Å². The lowest BCUT2D eigenvalue weighted by atomic mass is 10.0. The number of piperidine rings is 1. The molecule has 1 aliphatic rings. The number of aromatic nitrogens is 1. The number of nitrogens with zero attached hydrogens (tertiary/aromatic N) is 2. The summed E-state index contributed by atoms with van der Waals surface area (Å²) in [7, 11) is 0. The molecule has 1 atom stereocenters. The zero-order chi connectivity index (χ0) is 16.6. The van der Waals surface area contributed by atoms with Crippen molar-refractivity contribution in [1.29, 1.82) is 0 Å². The number of nitrogens with two attached hydrogens (primary N) is 1. The average molecular weight is 337 g/mol. The van der Waals surface area contributed by atoms with E-state index in [4.69, 9.17) is 5.73 Å². The molecule has 1 aliphatic heterocycles. The molecular formula is C15H16FN3O3S. The maximum atomic E-state index is 13.7. The second kappa shape index (κ2) is 6.11. The number of thiazole rings is 1. The molecule has 2 N–H and O–H groups in total. The van der Waals surface area contributed by atoms with Crippen molar-refractivity contribution in [1.82, 2.24) is 9.47 Å². The number of hydrogen-bond acceptors (Lipinski definition) is 4. The van der Waals surface area contributed by atoms with Gasteiger partial charge in [0.2, 0.25) is 11.8 Å². The molecule has 23 heavy (non-hydrogen) atoms. The van der Waals surface area contributed by atoms with Crippen molar-refractivity contribution >= 4 is 33.4 Å². The summed E-state index contributed by atoms with van der Waals surface area (Å²) in [6, 6.07) is 3.75. The maximum Gasteiger partial charge on any atom is 0.308 e. The number of likely N-dealkylation sites (tertiary alicyclic amines) is 1. The van der Waals surface area contributed by atoms with Crippen LogP contribution in [0.1, 0.15) is 19.3 Å². The van der Waals surface area contributed by atoms with Crippen LogP contribution in [0.2, 0.25) is 0 Å². The van der Waals surface area contributed by atoms with Gasteiger partial charge in [0.15, 0.2) is 0 Å². The van der Waals surface area contributed by atoms with Crippen molar-refractivity contribution in [2.45, 2.75) is 31.8 Å². The van der Waals surface area contributed by atoms with E-state index in [9.17, 15) is 18.8 Å². The zero-order valence-electron chi connectivity index (χ0n) is 12.3. The average Bonchev–Trinajstić information content (AvgIpc) is 2.85. The van der Waals surface area contributed by atoms with E-state index in [-0.39, 0.29) is 17.2 Å². The molecule has 0 saturated carbocycles. The number of carbonyl (C=O) groups is 2. The van der Waals surface area contributed by atoms with Gasteiger partial charge in [-0.1, -0.05) is 17.4 Å². The molecule has 2 amide bonds. The summed E-state index contributed by atoms with van der Waals surface area (Å²) in [5.41, 5.74) is 5.75. The SMILES string of the molecule is NC(=O)C1CCCCN1C(=O)Cn1c(=O)sc2c(F)cccc21. The van der Waals surface area contributed by atoms with Crippen LogP contribution in [0.15, 0.2) is 23.0 Å². The van der Waals surface area contributed by atoms with Gasteiger partial charge in [-0.25, -0.2) is 4.39 Å². The quantitative estimate of drug-likeness (QED) is 0.909. The lowest BCUT2D eigenvalue weighted by molar-refractivity contribution is -0.141. The second-order valence-corrected chi connectivity index (χ2v) is 6.50. The number of amides is 2. The molecule has 2 heterocycles. The maximum absolute atomic E-state index is 13.7. The first-order valence-electron chi connectivity index (χ1n) is 7.35. The number of halogens is 1. The Balaban J connectivity index is 1.91. The van der Waals surface area contributed by atoms with Crippen LogP contribution in [-0.4, -0.2) is 33.9 Å². The van der Waals surface area contributed by atoms with E-state index in [0.29, 0.717) is 18.5 Å². The fraction of sp³-hybridized carbons (Fsp3) is 0.400. The molecule has 6 nitrogen and oxygen atoms in total. The first-order chi connectivity index (χ1) is 11.0. The van der Waals surface area contributed by atoms with Crippen LogP contribution in [0, 0.1) is 5.82 Å². The molecule has 8 heteroatoms. The standard InChI is InChI=1S/C15H16FN3O3S/c16-9-4-3-6-10-13(9)23-15(22)19(10)8-12(20)18-7-2-1-5-11(18)14(17)21/h3-4,6,11H,1-2,5,7-8H2,(H2,17,21). The van der Waals surface area contributed by atoms with E-state index in [0.717, 1.165) is 24.2 Å². The third-order valence-electron chi connectivity index (χ3n) is 4.09. The zero-order valence-corrected chi connectivity index (χ0v) is 13.1. The minimum absolute atomic E-state index is 0.216. The molecular weight excluding hydrogens is 321 g/mol. The predicted octanol–water partition coefficient (Wildman–Crippen LogP) is 1.07. The Morgan fingerprint density at radius 3 is 2.87 bits per heavy atom. The molecule has 0 radical (unpaired) electrons. The lowest BCUT2D eigenvalue weighted by Crippen LogP contribution is -2.51. The van der Waals surface area contributed by atoms with Crippen molar-refractivity contribution in [3.63, 3.8) is 0 Å². The highest BCUT2D eigenvalue weighted by molar-refractivity contribution is 7.16. The summed E-state index contributed by atoms with van der Waals surface area (Å²) in [4.78, 5) is 37.1. The summed E-state index contributed by atoms with van der Waals surface area (Å²) >= 11 is 0.771. The van der Waals surface area contributed by atoms with Gasteiger partial charge in [0.05, 0.1) is 10.2 Å². The number of rotatable bonds is 3. The van der Waals surface area contributed by atoms with Crippen LogP contribution in [0.25, 0.3) is 10.2 Å². The van der Waals surface area contributed by atoms with Gasteiger partial charge in [-0.2, -0.15) is 0 Å². The molecule has 1 aromatic heterocycles. The second-order valence-electron chi connectivity index (χ2n) is 5.54. The Hall–Kier alpha value is -2.22. The minimum atomic E-state index is -0.631. The van der Waals surface area contributed by atoms with Gasteiger partial charge >= 0.3 is 4.87 Å². The summed E-state index contributed by atoms with van der Waals surface area (Å²) in [6.07, 6.45) is 2.17. The van der Waals surface area contributed by atoms with Crippen LogP contribution in [0.3, 0.4) is 0 Å². The minimum Gasteiger partial charge on any atom is -0.368 e. The van der Waals surface area contributed by atoms with Gasteiger partial charge in [-0.3, -0.25) is 19.0 Å². The first-order valence-corrected chi connectivity index (χ1v) is 8.17. The van der Waals surface area contributed by atoms with E-state index in [1.807, 2.05) is 0 Å². The molecule has 1 fully saturated rings. The van der Waals surface area contributed by atoms with Crippen LogP contribution in [-0.2, 0) is 16.1 Å². The summed E-state index contributed by atoms with van der Waals surface area (Å²) in [5.74, 6) is -1.37. The van der Waals surface area contributed by atoms with Gasteiger partial charge in [0.1, 0.15) is 18.4 Å². The third kappa shape index (κ3) is 2.86. The lowest BCUT2D eigenvalue weighted by Gasteiger charge is -2.33. The number of fused-ring (bicyclic) bond motifs is 1. The van der Waals surface area contributed by atoms with Crippen molar-refractivity contribution in [3.05, 3.63) is 33.7 Å². The largest absolute Gasteiger partial charge is 0.368 e. The Morgan fingerprint density at radius 1 is 1.35 bits per heavy atom. The highest BCUT2D eigenvalue weighted by Crippen LogP contribution is 2.22. The van der Waals surface area contributed by atoms with Crippen LogP contribution in [0.4, 0.5) is 4.39 Å². The Bertz CT molecular complexity index is 829. The number of hydrogen-bond donors (Lipinski definition) is 1. The van der Waals surface area contributed by atoms with Crippen molar-refractivity contribution < 1.29 is 14.0 Å². The molecule has 2 aromatic rings. The molecule has 1 aromatic carbocycles. The molecule has 0 aliphatic carbocycles. The van der Waals surface area contributed by atoms with Crippen LogP contribution >= 0.6 is 11.3 Å². The summed E-state index contributed by atoms with van der Waals surface area (Å²) in [5, 5.41) is 0. The van der Waals surface area contributed by atoms with E-state index in [1.54, 1.807) is 6.07 Å². The third-order valence-corrected chi connectivity index (χ3v) is 5.09. The van der Waals surface area contributed by atoms with E-state index >= 15 is 0 Å². The van der Waals surface area contributed by atoms with E-state index in [1.165, 1.54) is 21.6 Å². The fourth-order valence-electron chi connectivity index (χ4n) is 2.95. The predicted molar refractivity (Wildman–Crippen MR) is 84.6 cm³/mol. The molecule has 1 saturated heterocycles. The van der Waals surface area contributed by atoms with Crippen LogP contribution < -0.4 is 10.6 Å². The van der Waals surface area contributed by atoms with Gasteiger partial charge in [0.25, 0.3) is 0 Å². The van der Waals surface area contributed by atoms with Gasteiger partial charge in [0, 0.05) is 6.54 Å². The summed E-state index contributed by atoms with van der Waals surface area (Å²) in [6.45, 7) is 0.226. The van der Waals surface area contributed by atoms with Crippen molar-refractivity contribution in [2.24, 2.45) is 5.73 Å². The number of carbonyl (C=O) groups excluding carboxylic acids is 2. The molecule has 1 unspecified atom stereocenters. The van der Waals surface area contributed by atoms with Gasteiger partial charge in [-0.15, -0.1) is 0 Å². The first kappa shape index (κ1) is 15.7. The van der Waals surface area contributed by atoms with E-state index in [2.05, 4.69) is 0 Å². The van der Waals surface area contributed by atoms with Crippen molar-refractivity contribution in [3.8, 4) is 0 Å². The van der Waals surface area contributed by atoms with Crippen LogP contribution in [0.5, 0.6) is 0 Å². The highest BCUT2D eigenvalue weighted by Gasteiger charge is 2.31. The fourth-order valence-corrected chi connectivity index (χ4v) is 3.85. The van der Waals surface area contributed by atoms with Crippen molar-refractivity contribution in [2.75, 3.05) is 6.54 Å². The topological polar surface area (TPSA) is 85.4 Å². The Kier molecular flexibility index (Phi) is 4.16. The van der Waals surface area contributed by atoms with Gasteiger partial charge in [-0.05, 0) is 31.4 Å². The number of primary amides is 1. The summed E-state index contributed by atoms with van der Waals surface area (Å²) < 4.78 is 15.2. The normalized spacial score (nSPS) is 18.3. The molecule has 122 valence electrons. The molecule has 0 bridgehead atoms. The highest BCUT2D eigenvalue weighted by atomic mass is 32.1.